The lowest BCUT2D eigenvalue weighted by Crippen LogP contribution is -2.67. The van der Waals surface area contributed by atoms with Gasteiger partial charge in [0.2, 0.25) is 0 Å². The smallest absolute Gasteiger partial charge is 0.397 e. The van der Waals surface area contributed by atoms with Crippen LogP contribution in [0.1, 0.15) is 113 Å². The van der Waals surface area contributed by atoms with Crippen molar-refractivity contribution in [2.75, 3.05) is 26.9 Å². The number of methoxy groups -OCH3 is 1. The molecule has 3 saturated carbocycles. The summed E-state index contributed by atoms with van der Waals surface area (Å²) in [5, 5.41) is 112. The van der Waals surface area contributed by atoms with Crippen molar-refractivity contribution in [3.63, 3.8) is 0 Å². The van der Waals surface area contributed by atoms with E-state index in [0.717, 1.165) is 50.5 Å². The van der Waals surface area contributed by atoms with E-state index < -0.39 is 186 Å². The molecule has 0 amide bonds. The Morgan fingerprint density at radius 2 is 1.29 bits per heavy atom. The molecule has 9 aliphatic rings. The van der Waals surface area contributed by atoms with Gasteiger partial charge >= 0.3 is 16.4 Å². The number of hydrogen-bond acceptors (Lipinski definition) is 24. The summed E-state index contributed by atoms with van der Waals surface area (Å²) in [6.45, 7) is 14.2. The highest BCUT2D eigenvalue weighted by atomic mass is 32.3. The number of rotatable bonds is 17. The van der Waals surface area contributed by atoms with Crippen LogP contribution >= 0.6 is 0 Å². The average molecular weight is 1170 g/mol. The Morgan fingerprint density at radius 1 is 0.688 bits per heavy atom. The second kappa shape index (κ2) is 23.2. The summed E-state index contributed by atoms with van der Waals surface area (Å²) in [6, 6.07) is 0. The molecule has 8 fully saturated rings. The van der Waals surface area contributed by atoms with E-state index in [0.29, 0.717) is 18.8 Å². The van der Waals surface area contributed by atoms with E-state index in [-0.39, 0.29) is 23.7 Å². The molecule has 5 aliphatic heterocycles. The lowest BCUT2D eigenvalue weighted by atomic mass is 9.40. The lowest BCUT2D eigenvalue weighted by Gasteiger charge is -2.64. The van der Waals surface area contributed by atoms with Gasteiger partial charge in [0, 0.05) is 13.0 Å². The van der Waals surface area contributed by atoms with Crippen molar-refractivity contribution < 1.29 is 120 Å². The number of fused-ring (bicyclic) bond motifs is 4. The number of aliphatic hydroxyl groups is 10. The van der Waals surface area contributed by atoms with Crippen LogP contribution < -0.4 is 0 Å². The molecule has 0 aromatic carbocycles. The molecule has 460 valence electrons. The maximum absolute atomic E-state index is 14.4. The zero-order valence-electron chi connectivity index (χ0n) is 47.0. The summed E-state index contributed by atoms with van der Waals surface area (Å²) in [5.41, 5.74) is -2.26. The zero-order chi connectivity index (χ0) is 58.6. The summed E-state index contributed by atoms with van der Waals surface area (Å²) < 4.78 is 98.1. The van der Waals surface area contributed by atoms with E-state index in [1.54, 1.807) is 0 Å². The summed E-state index contributed by atoms with van der Waals surface area (Å²) in [6.07, 6.45) is -24.9. The fourth-order valence-electron chi connectivity index (χ4n) is 16.4. The number of hydrogen-bond donors (Lipinski definition) is 11. The molecule has 4 aliphatic carbocycles. The van der Waals surface area contributed by atoms with Gasteiger partial charge in [0.25, 0.3) is 0 Å². The largest absolute Gasteiger partial charge is 0.459 e. The molecule has 5 saturated heterocycles. The monoisotopic (exact) mass is 1170 g/mol. The maximum atomic E-state index is 14.4. The van der Waals surface area contributed by atoms with Crippen LogP contribution in [0.2, 0.25) is 0 Å². The summed E-state index contributed by atoms with van der Waals surface area (Å²) >= 11 is 0. The molecule has 3 unspecified atom stereocenters. The second-order valence-corrected chi connectivity index (χ2v) is 26.9. The minimum absolute atomic E-state index is 0.00504. The van der Waals surface area contributed by atoms with Crippen LogP contribution in [0.25, 0.3) is 0 Å². The Morgan fingerprint density at radius 3 is 1.90 bits per heavy atom. The third kappa shape index (κ3) is 10.6. The van der Waals surface area contributed by atoms with Crippen molar-refractivity contribution in [1.29, 1.82) is 0 Å². The molecule has 26 heteroatoms. The van der Waals surface area contributed by atoms with E-state index in [1.165, 1.54) is 14.0 Å². The van der Waals surface area contributed by atoms with Gasteiger partial charge in [-0.05, 0) is 99.2 Å². The molecule has 9 rings (SSSR count). The predicted molar refractivity (Wildman–Crippen MR) is 272 cm³/mol. The van der Waals surface area contributed by atoms with Crippen LogP contribution in [-0.4, -0.2) is 231 Å². The van der Waals surface area contributed by atoms with Gasteiger partial charge in [-0.2, -0.15) is 8.42 Å². The number of allylic oxidation sites excluding steroid dienone is 1. The molecular weight excluding hydrogens is 1080 g/mol. The first-order valence-electron chi connectivity index (χ1n) is 28.4. The minimum atomic E-state index is -5.17. The Bertz CT molecular complexity index is 2330. The van der Waals surface area contributed by atoms with Gasteiger partial charge in [-0.25, -0.2) is 4.18 Å². The predicted octanol–water partition coefficient (Wildman–Crippen LogP) is -0.510. The van der Waals surface area contributed by atoms with E-state index >= 15 is 0 Å². The Balaban J connectivity index is 0.904. The highest BCUT2D eigenvalue weighted by Gasteiger charge is 2.79. The average Bonchev–Trinajstić information content (AvgIpc) is 2.40. The molecular formula is C54H88O25S. The normalized spacial score (nSPS) is 51.2. The highest BCUT2D eigenvalue weighted by Crippen LogP contribution is 2.76. The van der Waals surface area contributed by atoms with Crippen molar-refractivity contribution in [1.82, 2.24) is 0 Å². The molecule has 0 bridgehead atoms. The van der Waals surface area contributed by atoms with Gasteiger partial charge in [0.15, 0.2) is 25.2 Å². The Hall–Kier alpha value is -1.68. The number of cyclic esters (lactones) is 1. The first-order valence-corrected chi connectivity index (χ1v) is 29.8. The number of ether oxygens (including phenoxy) is 10. The van der Waals surface area contributed by atoms with Crippen LogP contribution in [-0.2, 0) is 66.7 Å². The Labute approximate surface area is 467 Å². The summed E-state index contributed by atoms with van der Waals surface area (Å²) in [5.74, 6) is 0.0424. The third-order valence-corrected chi connectivity index (χ3v) is 21.1. The zero-order valence-corrected chi connectivity index (χ0v) is 47.9. The molecule has 0 aromatic heterocycles. The van der Waals surface area contributed by atoms with Gasteiger partial charge in [-0.3, -0.25) is 9.35 Å². The maximum Gasteiger partial charge on any atom is 0.397 e. The van der Waals surface area contributed by atoms with Crippen molar-refractivity contribution in [2.24, 2.45) is 45.3 Å². The van der Waals surface area contributed by atoms with Crippen molar-refractivity contribution >= 4 is 16.4 Å². The highest BCUT2D eigenvalue weighted by molar-refractivity contribution is 7.80. The van der Waals surface area contributed by atoms with Crippen molar-refractivity contribution in [2.45, 2.75) is 248 Å². The fraction of sp³-hybridized carbons (Fsp3) is 0.944. The summed E-state index contributed by atoms with van der Waals surface area (Å²) in [4.78, 5) is 14.4. The van der Waals surface area contributed by atoms with Gasteiger partial charge in [-0.15, -0.1) is 0 Å². The molecule has 0 aromatic rings. The van der Waals surface area contributed by atoms with Gasteiger partial charge in [0.05, 0.1) is 38.1 Å². The molecule has 11 N–H and O–H groups in total. The van der Waals surface area contributed by atoms with Crippen molar-refractivity contribution in [3.8, 4) is 0 Å². The minimum Gasteiger partial charge on any atom is -0.459 e. The van der Waals surface area contributed by atoms with E-state index in [9.17, 15) is 68.8 Å². The second-order valence-electron chi connectivity index (χ2n) is 25.9. The van der Waals surface area contributed by atoms with Crippen molar-refractivity contribution in [3.05, 3.63) is 11.6 Å². The van der Waals surface area contributed by atoms with Gasteiger partial charge < -0.3 is 98.4 Å². The molecule has 80 heavy (non-hydrogen) atoms. The molecule has 5 heterocycles. The van der Waals surface area contributed by atoms with Crippen LogP contribution in [0.5, 0.6) is 0 Å². The third-order valence-electron chi connectivity index (χ3n) is 20.6. The number of esters is 1. The Kier molecular flexibility index (Phi) is 18.2. The number of aliphatic hydroxyl groups excluding tert-OH is 10. The van der Waals surface area contributed by atoms with E-state index in [1.807, 2.05) is 6.08 Å². The fourth-order valence-corrected chi connectivity index (χ4v) is 16.9. The first-order chi connectivity index (χ1) is 37.4. The van der Waals surface area contributed by atoms with Crippen LogP contribution in [0.15, 0.2) is 11.6 Å². The molecule has 1 spiro atoms. The van der Waals surface area contributed by atoms with Crippen LogP contribution in [0.4, 0.5) is 0 Å². The van der Waals surface area contributed by atoms with Crippen LogP contribution in [0.3, 0.4) is 0 Å². The standard InChI is InChI=1S/C54H88O25S/c1-23(2)11-10-16-53(8)31-14-18-52(7)25-12-13-30-50(4,5)33(15-17-51(30,6)26(25)19-32(57)54(31,52)49(65)78-53)74-48-44(36(60)29(22-70-48)79-80(66,67)68)77-45-38(62)37(61)41(24(3)71-45)75-47-40(64)43(35(59)28(21-56)73-47)76-46-39(63)42(69-9)34(58)27(20-55)72-46/h19,23-25,27-48,55-64H,10-18,20-22H2,1-9H3,(H,66,67,68)/t24-,25-,27+,28+,29-,30+,31-,32-,33+,34-,35-,36+,37-,38-,39+,40?,41-,42+,43+,44?,45+,46+,47+,48+,51-,52+,53?,54-/m1/s1. The molecule has 25 nitrogen and oxygen atoms in total. The van der Waals surface area contributed by atoms with E-state index in [4.69, 9.17) is 51.6 Å². The number of carbonyl (C=O) groups is 1. The SMILES string of the molecule is CO[C@@H]1[C@H](O)[C@H](O[C@@H]2C(O)[C@H](O[C@H]3[C@H](O)[C@@H](O)[C@H](OC4[C@H](O[C@H]5CC[C@]6(C)C7=C[C@@H](O)[C@@]89C(=O)OC(C)(CCCC(C)C)[C@H]8CC[C@@]9(C)[C@@H]7CC[C@H]6C5(C)C)OC[C@@H](OS(=O)(=O)O)[C@@H]4O)O[C@@H]3C)O[C@@H](CO)[C@H]2O)O[C@@H](CO)[C@H]1O. The lowest BCUT2D eigenvalue weighted by molar-refractivity contribution is -0.389. The number of carbonyl (C=O) groups excluding carboxylic acids is 1. The van der Waals surface area contributed by atoms with Crippen LogP contribution in [0, 0.1) is 45.3 Å². The first kappa shape index (κ1) is 62.8. The molecule has 28 atom stereocenters. The van der Waals surface area contributed by atoms with Gasteiger partial charge in [0.1, 0.15) is 96.5 Å². The topological polar surface area (TPSA) is 375 Å². The summed E-state index contributed by atoms with van der Waals surface area (Å²) in [7, 11) is -3.98. The molecule has 0 radical (unpaired) electrons. The van der Waals surface area contributed by atoms with E-state index in [2.05, 4.69) is 48.5 Å². The van der Waals surface area contributed by atoms with Gasteiger partial charge in [-0.1, -0.05) is 59.6 Å². The quantitative estimate of drug-likeness (QED) is 0.0378.